The Morgan fingerprint density at radius 3 is 1.22 bits per heavy atom. The second-order valence-corrected chi connectivity index (χ2v) is 1.05. The molecule has 0 aliphatic carbocycles. The van der Waals surface area contributed by atoms with E-state index >= 15 is 0 Å². The average Bonchev–Trinajstić information content (AvgIpc) is 1.38. The summed E-state index contributed by atoms with van der Waals surface area (Å²) < 4.78 is 0. The molecule has 0 bridgehead atoms. The summed E-state index contributed by atoms with van der Waals surface area (Å²) in [4.78, 5) is 0. The highest BCUT2D eigenvalue weighted by Gasteiger charge is 1.59. The first kappa shape index (κ1) is 33.4. The summed E-state index contributed by atoms with van der Waals surface area (Å²) in [5.41, 5.74) is 1.02. The van der Waals surface area contributed by atoms with Gasteiger partial charge in [-0.15, -0.1) is 49.6 Å². The van der Waals surface area contributed by atoms with E-state index in [4.69, 9.17) is 0 Å². The third-order valence-corrected chi connectivity index (χ3v) is 0.348. The fraction of sp³-hybridized carbons (Fsp3) is 0.200. The van der Waals surface area contributed by atoms with E-state index in [1.165, 1.54) is 0 Å². The summed E-state index contributed by atoms with van der Waals surface area (Å²) in [5.74, 6) is 0. The van der Waals surface area contributed by atoms with Crippen LogP contribution in [-0.2, 0) is 0 Å². The molecule has 0 heterocycles. The van der Waals surface area contributed by atoms with Crippen molar-refractivity contribution < 1.29 is 0 Å². The Bertz CT molecular complexity index is 60.0. The highest BCUT2D eigenvalue weighted by Crippen LogP contribution is 1.81. The molecular formula is C5H12Cl4. The quantitative estimate of drug-likeness (QED) is 0.586. The lowest BCUT2D eigenvalue weighted by atomic mass is 10.4. The Kier molecular flexibility index (Phi) is 87.0. The van der Waals surface area contributed by atoms with Gasteiger partial charge in [-0.3, -0.25) is 0 Å². The van der Waals surface area contributed by atoms with E-state index in [2.05, 4.69) is 13.2 Å². The van der Waals surface area contributed by atoms with Crippen molar-refractivity contribution in [2.24, 2.45) is 0 Å². The van der Waals surface area contributed by atoms with Crippen molar-refractivity contribution in [3.8, 4) is 0 Å². The molecule has 0 unspecified atom stereocenters. The van der Waals surface area contributed by atoms with Crippen molar-refractivity contribution in [1.29, 1.82) is 0 Å². The number of halogens is 4. The Morgan fingerprint density at radius 2 is 1.22 bits per heavy atom. The maximum Gasteiger partial charge on any atom is -0.0404 e. The molecule has 0 aromatic heterocycles. The summed E-state index contributed by atoms with van der Waals surface area (Å²) in [6.07, 6.45) is 1.72. The highest BCUT2D eigenvalue weighted by molar-refractivity contribution is 5.86. The number of hydrogen-bond acceptors (Lipinski definition) is 0. The molecular weight excluding hydrogens is 202 g/mol. The van der Waals surface area contributed by atoms with Crippen LogP contribution < -0.4 is 0 Å². The van der Waals surface area contributed by atoms with Gasteiger partial charge in [0.15, 0.2) is 0 Å². The number of hydrogen-bond donors (Lipinski definition) is 0. The molecule has 0 aliphatic rings. The molecule has 0 N–H and O–H groups in total. The van der Waals surface area contributed by atoms with Crippen LogP contribution in [0.1, 0.15) is 6.92 Å². The summed E-state index contributed by atoms with van der Waals surface area (Å²) in [5, 5.41) is 0. The second-order valence-electron chi connectivity index (χ2n) is 1.05. The standard InChI is InChI=1S/C5H8.4ClH/c1-4-5(2)3;;;;/h4H,1-2H2,3H3;4*1H. The first-order chi connectivity index (χ1) is 2.27. The average molecular weight is 214 g/mol. The monoisotopic (exact) mass is 212 g/mol. The minimum absolute atomic E-state index is 0. The predicted octanol–water partition coefficient (Wildman–Crippen LogP) is 3.44. The summed E-state index contributed by atoms with van der Waals surface area (Å²) in [6, 6.07) is 0. The molecule has 9 heavy (non-hydrogen) atoms. The zero-order valence-corrected chi connectivity index (χ0v) is 8.39. The molecule has 0 saturated carbocycles. The minimum Gasteiger partial charge on any atom is -0.147 e. The Labute approximate surface area is 81.4 Å². The largest absolute Gasteiger partial charge is 0.147 e. The zero-order valence-electron chi connectivity index (χ0n) is 5.12. The van der Waals surface area contributed by atoms with Gasteiger partial charge in [0.05, 0.1) is 0 Å². The van der Waals surface area contributed by atoms with Crippen LogP contribution in [0.15, 0.2) is 24.8 Å². The number of allylic oxidation sites excluding steroid dienone is 2. The lowest BCUT2D eigenvalue weighted by Crippen LogP contribution is -1.50. The van der Waals surface area contributed by atoms with Crippen molar-refractivity contribution in [3.63, 3.8) is 0 Å². The van der Waals surface area contributed by atoms with Crippen LogP contribution in [0, 0.1) is 0 Å². The van der Waals surface area contributed by atoms with Gasteiger partial charge in [-0.25, -0.2) is 0 Å². The van der Waals surface area contributed by atoms with Crippen molar-refractivity contribution >= 4 is 49.6 Å². The topological polar surface area (TPSA) is 0 Å². The maximum atomic E-state index is 3.56. The Hall–Kier alpha value is 0.640. The zero-order chi connectivity index (χ0) is 4.28. The van der Waals surface area contributed by atoms with E-state index in [0.29, 0.717) is 0 Å². The van der Waals surface area contributed by atoms with Gasteiger partial charge >= 0.3 is 0 Å². The molecule has 0 saturated heterocycles. The smallest absolute Gasteiger partial charge is 0.0404 e. The second kappa shape index (κ2) is 23.4. The first-order valence-electron chi connectivity index (χ1n) is 1.55. The van der Waals surface area contributed by atoms with Crippen LogP contribution in [0.3, 0.4) is 0 Å². The number of rotatable bonds is 1. The van der Waals surface area contributed by atoms with Gasteiger partial charge in [-0.1, -0.05) is 24.8 Å². The molecule has 0 rings (SSSR count). The van der Waals surface area contributed by atoms with Gasteiger partial charge in [0.2, 0.25) is 0 Å². The van der Waals surface area contributed by atoms with E-state index in [-0.39, 0.29) is 49.6 Å². The summed E-state index contributed by atoms with van der Waals surface area (Å²) >= 11 is 0. The van der Waals surface area contributed by atoms with E-state index < -0.39 is 0 Å². The summed E-state index contributed by atoms with van der Waals surface area (Å²) in [7, 11) is 0. The lowest BCUT2D eigenvalue weighted by Gasteiger charge is -1.71. The van der Waals surface area contributed by atoms with Gasteiger partial charge < -0.3 is 0 Å². The van der Waals surface area contributed by atoms with Crippen LogP contribution in [0.4, 0.5) is 0 Å². The van der Waals surface area contributed by atoms with Crippen molar-refractivity contribution in [3.05, 3.63) is 24.8 Å². The maximum absolute atomic E-state index is 3.56. The molecule has 0 aliphatic heterocycles. The lowest BCUT2D eigenvalue weighted by molar-refractivity contribution is 1.58. The molecule has 60 valence electrons. The molecule has 0 fully saturated rings. The molecule has 0 spiro atoms. The predicted molar refractivity (Wildman–Crippen MR) is 54.0 cm³/mol. The third-order valence-electron chi connectivity index (χ3n) is 0.348. The van der Waals surface area contributed by atoms with E-state index in [9.17, 15) is 0 Å². The molecule has 0 atom stereocenters. The molecule has 0 aromatic carbocycles. The van der Waals surface area contributed by atoms with Crippen molar-refractivity contribution in [2.75, 3.05) is 0 Å². The van der Waals surface area contributed by atoms with Gasteiger partial charge in [0.25, 0.3) is 0 Å². The summed E-state index contributed by atoms with van der Waals surface area (Å²) in [6.45, 7) is 8.93. The Balaban J connectivity index is -0.0000000133. The van der Waals surface area contributed by atoms with E-state index in [1.54, 1.807) is 6.08 Å². The normalized spacial score (nSPS) is 3.67. The van der Waals surface area contributed by atoms with E-state index in [1.807, 2.05) is 6.92 Å². The van der Waals surface area contributed by atoms with Crippen LogP contribution >= 0.6 is 49.6 Å². The molecule has 0 amide bonds. The fourth-order valence-corrected chi connectivity index (χ4v) is 0. The third kappa shape index (κ3) is 54.7. The fourth-order valence-electron chi connectivity index (χ4n) is 0. The van der Waals surface area contributed by atoms with Crippen LogP contribution in [0.25, 0.3) is 0 Å². The molecule has 0 nitrogen and oxygen atoms in total. The molecule has 0 aromatic rings. The highest BCUT2D eigenvalue weighted by atomic mass is 35.5. The first-order valence-corrected chi connectivity index (χ1v) is 1.55. The van der Waals surface area contributed by atoms with Crippen LogP contribution in [-0.4, -0.2) is 0 Å². The van der Waals surface area contributed by atoms with Crippen LogP contribution in [0.2, 0.25) is 0 Å². The van der Waals surface area contributed by atoms with Gasteiger partial charge in [-0.2, -0.15) is 0 Å². The molecule has 0 radical (unpaired) electrons. The SMILES string of the molecule is C=CC(=C)C.Cl.Cl.Cl.Cl. The van der Waals surface area contributed by atoms with Crippen molar-refractivity contribution in [1.82, 2.24) is 0 Å². The van der Waals surface area contributed by atoms with Gasteiger partial charge in [-0.05, 0) is 6.92 Å². The molecule has 4 heteroatoms. The van der Waals surface area contributed by atoms with Gasteiger partial charge in [0.1, 0.15) is 0 Å². The van der Waals surface area contributed by atoms with Crippen LogP contribution in [0.5, 0.6) is 0 Å². The Morgan fingerprint density at radius 1 is 1.11 bits per heavy atom. The van der Waals surface area contributed by atoms with Crippen molar-refractivity contribution in [2.45, 2.75) is 6.92 Å². The van der Waals surface area contributed by atoms with E-state index in [0.717, 1.165) is 5.57 Å². The minimum atomic E-state index is 0. The van der Waals surface area contributed by atoms with Gasteiger partial charge in [0, 0.05) is 0 Å².